The van der Waals surface area contributed by atoms with Crippen molar-refractivity contribution in [1.29, 1.82) is 0 Å². The van der Waals surface area contributed by atoms with Gasteiger partial charge in [-0.15, -0.1) is 0 Å². The van der Waals surface area contributed by atoms with E-state index in [1.807, 2.05) is 0 Å². The lowest BCUT2D eigenvalue weighted by molar-refractivity contribution is -0.137. The van der Waals surface area contributed by atoms with Crippen molar-refractivity contribution >= 4 is 11.6 Å². The summed E-state index contributed by atoms with van der Waals surface area (Å²) in [5, 5.41) is 2.51. The van der Waals surface area contributed by atoms with Gasteiger partial charge < -0.3 is 9.88 Å². The van der Waals surface area contributed by atoms with Crippen LogP contribution in [0.2, 0.25) is 0 Å². The molecule has 3 rings (SSSR count). The lowest BCUT2D eigenvalue weighted by Crippen LogP contribution is -2.26. The van der Waals surface area contributed by atoms with Crippen LogP contribution in [0.15, 0.2) is 71.9 Å². The number of aromatic nitrogens is 2. The summed E-state index contributed by atoms with van der Waals surface area (Å²) < 4.78 is 39.7. The Morgan fingerprint density at radius 2 is 1.81 bits per heavy atom. The molecule has 0 atom stereocenters. The van der Waals surface area contributed by atoms with E-state index in [-0.39, 0.29) is 12.2 Å². The van der Waals surface area contributed by atoms with E-state index in [0.717, 1.165) is 12.1 Å². The summed E-state index contributed by atoms with van der Waals surface area (Å²) in [6, 6.07) is 10.7. The summed E-state index contributed by atoms with van der Waals surface area (Å²) in [6.45, 7) is -0.0538. The Balaban J connectivity index is 1.84. The summed E-state index contributed by atoms with van der Waals surface area (Å²) in [7, 11) is 0. The first-order valence-electron chi connectivity index (χ1n) is 7.91. The molecule has 0 fully saturated rings. The molecule has 0 bridgehead atoms. The van der Waals surface area contributed by atoms with Crippen LogP contribution < -0.4 is 10.9 Å². The van der Waals surface area contributed by atoms with E-state index in [4.69, 9.17) is 0 Å². The van der Waals surface area contributed by atoms with Gasteiger partial charge in [0.15, 0.2) is 0 Å². The van der Waals surface area contributed by atoms with Crippen LogP contribution in [0.4, 0.5) is 18.9 Å². The zero-order valence-electron chi connectivity index (χ0n) is 13.9. The molecule has 0 aliphatic heterocycles. The molecule has 3 aromatic rings. The van der Waals surface area contributed by atoms with Gasteiger partial charge in [-0.2, -0.15) is 13.2 Å². The Hall–Kier alpha value is -3.42. The number of alkyl halides is 3. The second-order valence-electron chi connectivity index (χ2n) is 5.74. The van der Waals surface area contributed by atoms with Crippen molar-refractivity contribution in [1.82, 2.24) is 9.55 Å². The van der Waals surface area contributed by atoms with E-state index >= 15 is 0 Å². The van der Waals surface area contributed by atoms with E-state index in [2.05, 4.69) is 10.3 Å². The molecule has 0 saturated carbocycles. The third kappa shape index (κ3) is 4.41. The van der Waals surface area contributed by atoms with Crippen molar-refractivity contribution < 1.29 is 18.0 Å². The van der Waals surface area contributed by atoms with Gasteiger partial charge in [0.2, 0.25) is 0 Å². The maximum atomic E-state index is 12.8. The van der Waals surface area contributed by atoms with Gasteiger partial charge >= 0.3 is 6.18 Å². The number of hydrogen-bond donors (Lipinski definition) is 1. The normalized spacial score (nSPS) is 11.2. The van der Waals surface area contributed by atoms with Crippen LogP contribution in [0.3, 0.4) is 0 Å². The molecule has 8 heteroatoms. The van der Waals surface area contributed by atoms with Crippen LogP contribution in [0.5, 0.6) is 0 Å². The molecule has 1 aromatic carbocycles. The average molecular weight is 373 g/mol. The highest BCUT2D eigenvalue weighted by Gasteiger charge is 2.30. The Morgan fingerprint density at radius 1 is 1.07 bits per heavy atom. The lowest BCUT2D eigenvalue weighted by atomic mass is 10.1. The highest BCUT2D eigenvalue weighted by atomic mass is 19.4. The quantitative estimate of drug-likeness (QED) is 0.761. The molecule has 0 aliphatic carbocycles. The predicted molar refractivity (Wildman–Crippen MR) is 93.4 cm³/mol. The van der Waals surface area contributed by atoms with Crippen molar-refractivity contribution in [2.45, 2.75) is 12.7 Å². The summed E-state index contributed by atoms with van der Waals surface area (Å²) >= 11 is 0. The van der Waals surface area contributed by atoms with Crippen molar-refractivity contribution in [2.75, 3.05) is 5.32 Å². The van der Waals surface area contributed by atoms with Gasteiger partial charge in [0.1, 0.15) is 5.69 Å². The number of halogens is 3. The van der Waals surface area contributed by atoms with Crippen molar-refractivity contribution in [3.05, 3.63) is 94.2 Å². The van der Waals surface area contributed by atoms with Gasteiger partial charge in [0.25, 0.3) is 11.5 Å². The maximum absolute atomic E-state index is 12.8. The number of nitrogens with one attached hydrogen (secondary N) is 1. The summed E-state index contributed by atoms with van der Waals surface area (Å²) in [5.41, 5.74) is -0.610. The van der Waals surface area contributed by atoms with E-state index < -0.39 is 23.2 Å². The Kier molecular flexibility index (Phi) is 5.07. The molecule has 0 radical (unpaired) electrons. The standard InChI is InChI=1S/C19H14F3N3O2/c20-19(21,22)15-4-1-3-13(11-15)12-25-10-2-5-16(18(25)27)24-17(26)14-6-8-23-9-7-14/h1-11H,12H2,(H,24,26). The Bertz CT molecular complexity index is 1010. The first kappa shape index (κ1) is 18.4. The first-order chi connectivity index (χ1) is 12.8. The minimum Gasteiger partial charge on any atom is -0.317 e. The molecular formula is C19H14F3N3O2. The highest BCUT2D eigenvalue weighted by Crippen LogP contribution is 2.29. The molecule has 27 heavy (non-hydrogen) atoms. The fourth-order valence-electron chi connectivity index (χ4n) is 2.50. The molecule has 138 valence electrons. The molecule has 2 aromatic heterocycles. The molecule has 0 aliphatic rings. The van der Waals surface area contributed by atoms with Gasteiger partial charge in [0, 0.05) is 24.2 Å². The minimum atomic E-state index is -4.46. The smallest absolute Gasteiger partial charge is 0.317 e. The third-order valence-electron chi connectivity index (χ3n) is 3.82. The van der Waals surface area contributed by atoms with E-state index in [0.29, 0.717) is 11.1 Å². The number of amides is 1. The molecule has 0 spiro atoms. The summed E-state index contributed by atoms with van der Waals surface area (Å²) in [4.78, 5) is 28.5. The first-order valence-corrected chi connectivity index (χ1v) is 7.91. The third-order valence-corrected chi connectivity index (χ3v) is 3.82. The van der Waals surface area contributed by atoms with Gasteiger partial charge in [-0.3, -0.25) is 14.6 Å². The zero-order chi connectivity index (χ0) is 19.4. The molecule has 0 saturated heterocycles. The number of carbonyl (C=O) groups excluding carboxylic acids is 1. The predicted octanol–water partition coefficient (Wildman–Crippen LogP) is 3.56. The van der Waals surface area contributed by atoms with E-state index in [1.165, 1.54) is 59.6 Å². The van der Waals surface area contributed by atoms with Crippen LogP contribution in [0, 0.1) is 0 Å². The average Bonchev–Trinajstić information content (AvgIpc) is 2.65. The number of anilines is 1. The fourth-order valence-corrected chi connectivity index (χ4v) is 2.50. The Morgan fingerprint density at radius 3 is 2.52 bits per heavy atom. The number of hydrogen-bond acceptors (Lipinski definition) is 3. The number of pyridine rings is 2. The number of carbonyl (C=O) groups is 1. The van der Waals surface area contributed by atoms with Crippen LogP contribution in [-0.4, -0.2) is 15.5 Å². The van der Waals surface area contributed by atoms with Crippen molar-refractivity contribution in [3.8, 4) is 0 Å². The monoisotopic (exact) mass is 373 g/mol. The van der Waals surface area contributed by atoms with Crippen LogP contribution in [0.25, 0.3) is 0 Å². The van der Waals surface area contributed by atoms with Gasteiger partial charge in [-0.05, 0) is 42.0 Å². The fraction of sp³-hybridized carbons (Fsp3) is 0.105. The van der Waals surface area contributed by atoms with Crippen molar-refractivity contribution in [3.63, 3.8) is 0 Å². The SMILES string of the molecule is O=C(Nc1cccn(Cc2cccc(C(F)(F)F)c2)c1=O)c1ccncc1. The lowest BCUT2D eigenvalue weighted by Gasteiger charge is -2.11. The summed E-state index contributed by atoms with van der Waals surface area (Å²) in [6.07, 6.45) is -0.107. The molecule has 0 unspecified atom stereocenters. The van der Waals surface area contributed by atoms with Gasteiger partial charge in [-0.25, -0.2) is 0 Å². The van der Waals surface area contributed by atoms with Gasteiger partial charge in [-0.1, -0.05) is 12.1 Å². The molecular weight excluding hydrogens is 359 g/mol. The largest absolute Gasteiger partial charge is 0.416 e. The van der Waals surface area contributed by atoms with Crippen LogP contribution in [-0.2, 0) is 12.7 Å². The van der Waals surface area contributed by atoms with E-state index in [1.54, 1.807) is 0 Å². The van der Waals surface area contributed by atoms with Crippen LogP contribution >= 0.6 is 0 Å². The summed E-state index contributed by atoms with van der Waals surface area (Å²) in [5.74, 6) is -0.480. The van der Waals surface area contributed by atoms with Gasteiger partial charge in [0.05, 0.1) is 12.1 Å². The number of rotatable bonds is 4. The second kappa shape index (κ2) is 7.45. The molecule has 1 amide bonds. The van der Waals surface area contributed by atoms with Crippen LogP contribution in [0.1, 0.15) is 21.5 Å². The highest BCUT2D eigenvalue weighted by molar-refractivity contribution is 6.04. The van der Waals surface area contributed by atoms with E-state index in [9.17, 15) is 22.8 Å². The molecule has 5 nitrogen and oxygen atoms in total. The number of benzene rings is 1. The number of nitrogens with zero attached hydrogens (tertiary/aromatic N) is 2. The maximum Gasteiger partial charge on any atom is 0.416 e. The van der Waals surface area contributed by atoms with Crippen molar-refractivity contribution in [2.24, 2.45) is 0 Å². The minimum absolute atomic E-state index is 0.0336. The molecule has 1 N–H and O–H groups in total. The Labute approximate surface area is 152 Å². The topological polar surface area (TPSA) is 64.0 Å². The molecule has 2 heterocycles. The second-order valence-corrected chi connectivity index (χ2v) is 5.74. The zero-order valence-corrected chi connectivity index (χ0v) is 13.9.